The van der Waals surface area contributed by atoms with Crippen LogP contribution in [-0.4, -0.2) is 4.98 Å². The first-order valence-electron chi connectivity index (χ1n) is 4.80. The number of benzene rings is 1. The molecule has 0 saturated heterocycles. The summed E-state index contributed by atoms with van der Waals surface area (Å²) in [5.74, 6) is -1.78. The molecule has 0 amide bonds. The molecule has 2 nitrogen and oxygen atoms in total. The van der Waals surface area contributed by atoms with Gasteiger partial charge in [0.1, 0.15) is 0 Å². The maximum atomic E-state index is 13.0. The molecule has 0 fully saturated rings. The second-order valence-corrected chi connectivity index (χ2v) is 3.41. The maximum Gasteiger partial charge on any atom is 0.159 e. The van der Waals surface area contributed by atoms with E-state index >= 15 is 0 Å². The van der Waals surface area contributed by atoms with Crippen LogP contribution in [0.25, 0.3) is 0 Å². The van der Waals surface area contributed by atoms with Gasteiger partial charge in [-0.3, -0.25) is 4.98 Å². The second-order valence-electron chi connectivity index (χ2n) is 3.41. The molecule has 0 radical (unpaired) electrons. The molecule has 2 N–H and O–H groups in total. The molecule has 82 valence electrons. The fourth-order valence-corrected chi connectivity index (χ4v) is 1.44. The van der Waals surface area contributed by atoms with Crippen molar-refractivity contribution in [1.29, 1.82) is 0 Å². The molecule has 1 unspecified atom stereocenters. The van der Waals surface area contributed by atoms with Gasteiger partial charge in [-0.1, -0.05) is 12.1 Å². The first-order valence-corrected chi connectivity index (χ1v) is 4.80. The van der Waals surface area contributed by atoms with E-state index < -0.39 is 17.7 Å². The van der Waals surface area contributed by atoms with Crippen LogP contribution in [0.3, 0.4) is 0 Å². The lowest BCUT2D eigenvalue weighted by atomic mass is 10.0. The molecule has 1 atom stereocenters. The van der Waals surface area contributed by atoms with Gasteiger partial charge in [0.15, 0.2) is 11.6 Å². The van der Waals surface area contributed by atoms with Crippen LogP contribution in [0.5, 0.6) is 0 Å². The molecule has 0 aliphatic heterocycles. The minimum atomic E-state index is -0.899. The predicted molar refractivity (Wildman–Crippen MR) is 56.6 cm³/mol. The Morgan fingerprint density at radius 2 is 1.88 bits per heavy atom. The van der Waals surface area contributed by atoms with E-state index in [1.165, 1.54) is 6.07 Å². The van der Waals surface area contributed by atoms with Gasteiger partial charge in [0, 0.05) is 6.20 Å². The molecule has 16 heavy (non-hydrogen) atoms. The third kappa shape index (κ3) is 2.06. The number of aromatic nitrogens is 1. The number of pyridine rings is 1. The number of halogens is 2. The van der Waals surface area contributed by atoms with Crippen molar-refractivity contribution in [3.8, 4) is 0 Å². The molecule has 0 spiro atoms. The highest BCUT2D eigenvalue weighted by atomic mass is 19.2. The molecule has 0 bridgehead atoms. The highest BCUT2D eigenvalue weighted by Crippen LogP contribution is 2.19. The quantitative estimate of drug-likeness (QED) is 0.844. The summed E-state index contributed by atoms with van der Waals surface area (Å²) in [5.41, 5.74) is 7.00. The van der Waals surface area contributed by atoms with Gasteiger partial charge in [-0.05, 0) is 29.8 Å². The molecule has 1 heterocycles. The Hall–Kier alpha value is -1.81. The zero-order valence-electron chi connectivity index (χ0n) is 8.40. The van der Waals surface area contributed by atoms with E-state index in [-0.39, 0.29) is 0 Å². The van der Waals surface area contributed by atoms with Crippen LogP contribution in [-0.2, 0) is 0 Å². The molecule has 0 aliphatic carbocycles. The molecular formula is C12H10F2N2. The fourth-order valence-electron chi connectivity index (χ4n) is 1.44. The van der Waals surface area contributed by atoms with E-state index in [2.05, 4.69) is 4.98 Å². The monoisotopic (exact) mass is 220 g/mol. The minimum absolute atomic E-state index is 0.498. The number of nitrogens with zero attached hydrogens (tertiary/aromatic N) is 1. The molecule has 4 heteroatoms. The lowest BCUT2D eigenvalue weighted by Crippen LogP contribution is -2.13. The Morgan fingerprint density at radius 1 is 1.06 bits per heavy atom. The first-order chi connectivity index (χ1) is 7.68. The number of nitrogens with two attached hydrogens (primary N) is 1. The summed E-state index contributed by atoms with van der Waals surface area (Å²) in [6.45, 7) is 0. The lowest BCUT2D eigenvalue weighted by molar-refractivity contribution is 0.506. The van der Waals surface area contributed by atoms with Crippen molar-refractivity contribution in [2.45, 2.75) is 6.04 Å². The van der Waals surface area contributed by atoms with Gasteiger partial charge < -0.3 is 5.73 Å². The van der Waals surface area contributed by atoms with Crippen LogP contribution in [0.15, 0.2) is 42.6 Å². The zero-order chi connectivity index (χ0) is 11.5. The van der Waals surface area contributed by atoms with E-state index in [0.717, 1.165) is 12.1 Å². The lowest BCUT2D eigenvalue weighted by Gasteiger charge is -2.11. The summed E-state index contributed by atoms with van der Waals surface area (Å²) in [7, 11) is 0. The number of rotatable bonds is 2. The van der Waals surface area contributed by atoms with Crippen LogP contribution >= 0.6 is 0 Å². The summed E-state index contributed by atoms with van der Waals surface area (Å²) in [6, 6.07) is 8.37. The van der Waals surface area contributed by atoms with E-state index in [4.69, 9.17) is 5.73 Å². The number of hydrogen-bond donors (Lipinski definition) is 1. The molecular weight excluding hydrogens is 210 g/mol. The SMILES string of the molecule is NC(c1ccc(F)c(F)c1)c1ccccn1. The summed E-state index contributed by atoms with van der Waals surface area (Å²) in [4.78, 5) is 4.07. The smallest absolute Gasteiger partial charge is 0.159 e. The van der Waals surface area contributed by atoms with Crippen molar-refractivity contribution in [2.24, 2.45) is 5.73 Å². The minimum Gasteiger partial charge on any atom is -0.319 e. The zero-order valence-corrected chi connectivity index (χ0v) is 8.40. The van der Waals surface area contributed by atoms with Crippen LogP contribution in [0.4, 0.5) is 8.78 Å². The average molecular weight is 220 g/mol. The highest BCUT2D eigenvalue weighted by Gasteiger charge is 2.12. The van der Waals surface area contributed by atoms with Gasteiger partial charge >= 0.3 is 0 Å². The van der Waals surface area contributed by atoms with Gasteiger partial charge in [-0.2, -0.15) is 0 Å². The molecule has 2 aromatic rings. The molecule has 0 saturated carbocycles. The number of hydrogen-bond acceptors (Lipinski definition) is 2. The summed E-state index contributed by atoms with van der Waals surface area (Å²) in [6.07, 6.45) is 1.61. The van der Waals surface area contributed by atoms with E-state index in [1.807, 2.05) is 0 Å². The molecule has 0 aliphatic rings. The summed E-state index contributed by atoms with van der Waals surface area (Å²) >= 11 is 0. The van der Waals surface area contributed by atoms with Crippen LogP contribution in [0.1, 0.15) is 17.3 Å². The average Bonchev–Trinajstić information content (AvgIpc) is 2.33. The summed E-state index contributed by atoms with van der Waals surface area (Å²) in [5, 5.41) is 0. The fraction of sp³-hybridized carbons (Fsp3) is 0.0833. The molecule has 2 rings (SSSR count). The first kappa shape index (κ1) is 10.7. The van der Waals surface area contributed by atoms with Gasteiger partial charge in [-0.25, -0.2) is 8.78 Å². The predicted octanol–water partition coefficient (Wildman–Crippen LogP) is 2.41. The van der Waals surface area contributed by atoms with E-state index in [0.29, 0.717) is 11.3 Å². The normalized spacial score (nSPS) is 12.4. The summed E-state index contributed by atoms with van der Waals surface area (Å²) < 4.78 is 25.7. The van der Waals surface area contributed by atoms with Crippen molar-refractivity contribution in [3.05, 3.63) is 65.5 Å². The van der Waals surface area contributed by atoms with Crippen LogP contribution in [0, 0.1) is 11.6 Å². The Labute approximate surface area is 91.7 Å². The van der Waals surface area contributed by atoms with Gasteiger partial charge in [-0.15, -0.1) is 0 Å². The largest absolute Gasteiger partial charge is 0.319 e. The van der Waals surface area contributed by atoms with Crippen molar-refractivity contribution in [1.82, 2.24) is 4.98 Å². The molecule has 1 aromatic carbocycles. The topological polar surface area (TPSA) is 38.9 Å². The third-order valence-electron chi connectivity index (χ3n) is 2.31. The van der Waals surface area contributed by atoms with Crippen molar-refractivity contribution in [3.63, 3.8) is 0 Å². The van der Waals surface area contributed by atoms with Crippen molar-refractivity contribution >= 4 is 0 Å². The van der Waals surface area contributed by atoms with Gasteiger partial charge in [0.25, 0.3) is 0 Å². The Morgan fingerprint density at radius 3 is 2.50 bits per heavy atom. The Bertz CT molecular complexity index is 486. The van der Waals surface area contributed by atoms with Crippen LogP contribution in [0.2, 0.25) is 0 Å². The Balaban J connectivity index is 2.34. The van der Waals surface area contributed by atoms with Crippen molar-refractivity contribution in [2.75, 3.05) is 0 Å². The third-order valence-corrected chi connectivity index (χ3v) is 2.31. The second kappa shape index (κ2) is 4.37. The van der Waals surface area contributed by atoms with E-state index in [1.54, 1.807) is 24.4 Å². The van der Waals surface area contributed by atoms with Crippen molar-refractivity contribution < 1.29 is 8.78 Å². The van der Waals surface area contributed by atoms with Gasteiger partial charge in [0.2, 0.25) is 0 Å². The van der Waals surface area contributed by atoms with Gasteiger partial charge in [0.05, 0.1) is 11.7 Å². The van der Waals surface area contributed by atoms with Crippen LogP contribution < -0.4 is 5.73 Å². The Kier molecular flexibility index (Phi) is 2.92. The van der Waals surface area contributed by atoms with E-state index in [9.17, 15) is 8.78 Å². The maximum absolute atomic E-state index is 13.0. The molecule has 1 aromatic heterocycles. The highest BCUT2D eigenvalue weighted by molar-refractivity contribution is 5.27. The standard InChI is InChI=1S/C12H10F2N2/c13-9-5-4-8(7-10(9)14)12(15)11-3-1-2-6-16-11/h1-7,12H,15H2.